The van der Waals surface area contributed by atoms with Crippen molar-refractivity contribution in [2.75, 3.05) is 19.5 Å². The second-order valence-corrected chi connectivity index (χ2v) is 6.17. The van der Waals surface area contributed by atoms with E-state index in [1.54, 1.807) is 0 Å². The van der Waals surface area contributed by atoms with E-state index in [0.717, 1.165) is 16.7 Å². The number of anilines is 1. The number of hydrogen-bond acceptors (Lipinski definition) is 5. The van der Waals surface area contributed by atoms with Crippen molar-refractivity contribution in [3.8, 4) is 23.3 Å². The summed E-state index contributed by atoms with van der Waals surface area (Å²) >= 11 is 0. The molecule has 0 atom stereocenters. The molecule has 0 radical (unpaired) electrons. The average molecular weight is 366 g/mol. The highest BCUT2D eigenvalue weighted by Crippen LogP contribution is 2.37. The van der Waals surface area contributed by atoms with Gasteiger partial charge in [0, 0.05) is 5.69 Å². The molecule has 0 saturated carbocycles. The summed E-state index contributed by atoms with van der Waals surface area (Å²) in [5.41, 5.74) is 4.04. The topological polar surface area (TPSA) is 91.6 Å². The zero-order valence-corrected chi connectivity index (χ0v) is 16.0. The van der Waals surface area contributed by atoms with Crippen LogP contribution in [0.25, 0.3) is 6.08 Å². The molecule has 1 amide bonds. The van der Waals surface area contributed by atoms with Gasteiger partial charge < -0.3 is 19.9 Å². The standard InChI is InChI=1S/C21H22N2O4/c1-12-6-13(2)19(14(3)7-12)23-21(25)16(11-22)8-15-9-17(26-4)20(24)18(10-15)27-5/h6-10,24H,1-5H3,(H,23,25)/b16-8+. The second-order valence-electron chi connectivity index (χ2n) is 6.17. The summed E-state index contributed by atoms with van der Waals surface area (Å²) in [4.78, 5) is 12.6. The number of ether oxygens (including phenoxy) is 2. The smallest absolute Gasteiger partial charge is 0.266 e. The van der Waals surface area contributed by atoms with E-state index in [-0.39, 0.29) is 22.8 Å². The predicted octanol–water partition coefficient (Wildman–Crippen LogP) is 3.88. The van der Waals surface area contributed by atoms with E-state index in [2.05, 4.69) is 5.32 Å². The van der Waals surface area contributed by atoms with Crippen molar-refractivity contribution in [2.24, 2.45) is 0 Å². The van der Waals surface area contributed by atoms with Crippen LogP contribution in [-0.4, -0.2) is 25.2 Å². The molecule has 0 fully saturated rings. The number of phenols is 1. The number of methoxy groups -OCH3 is 2. The zero-order chi connectivity index (χ0) is 20.1. The zero-order valence-electron chi connectivity index (χ0n) is 16.0. The summed E-state index contributed by atoms with van der Waals surface area (Å²) in [5, 5.41) is 22.2. The Hall–Kier alpha value is -3.46. The number of nitrogens with one attached hydrogen (secondary N) is 1. The largest absolute Gasteiger partial charge is 0.502 e. The fourth-order valence-electron chi connectivity index (χ4n) is 2.87. The summed E-state index contributed by atoms with van der Waals surface area (Å²) in [6.45, 7) is 5.79. The Morgan fingerprint density at radius 2 is 1.59 bits per heavy atom. The van der Waals surface area contributed by atoms with Crippen LogP contribution in [0.1, 0.15) is 22.3 Å². The SMILES string of the molecule is COc1cc(/C=C(\C#N)C(=O)Nc2c(C)cc(C)cc2C)cc(OC)c1O. The molecule has 2 rings (SSSR count). The van der Waals surface area contributed by atoms with Crippen LogP contribution in [-0.2, 0) is 4.79 Å². The summed E-state index contributed by atoms with van der Waals surface area (Å²) < 4.78 is 10.2. The maximum atomic E-state index is 12.6. The average Bonchev–Trinajstić information content (AvgIpc) is 2.63. The number of aryl methyl sites for hydroxylation is 3. The molecule has 0 aliphatic carbocycles. The molecule has 0 saturated heterocycles. The molecule has 2 N–H and O–H groups in total. The number of nitrogens with zero attached hydrogens (tertiary/aromatic N) is 1. The van der Waals surface area contributed by atoms with Gasteiger partial charge in [-0.2, -0.15) is 5.26 Å². The molecule has 140 valence electrons. The molecular formula is C21H22N2O4. The lowest BCUT2D eigenvalue weighted by atomic mass is 10.0. The Morgan fingerprint density at radius 1 is 1.07 bits per heavy atom. The normalized spacial score (nSPS) is 10.9. The van der Waals surface area contributed by atoms with Crippen LogP contribution in [0.4, 0.5) is 5.69 Å². The Balaban J connectivity index is 2.40. The van der Waals surface area contributed by atoms with Crippen LogP contribution < -0.4 is 14.8 Å². The van der Waals surface area contributed by atoms with E-state index in [1.807, 2.05) is 39.0 Å². The Labute approximate surface area is 158 Å². The molecule has 0 heterocycles. The molecular weight excluding hydrogens is 344 g/mol. The third-order valence-electron chi connectivity index (χ3n) is 4.09. The minimum absolute atomic E-state index is 0.0795. The number of carbonyl (C=O) groups excluding carboxylic acids is 1. The van der Waals surface area contributed by atoms with E-state index in [0.29, 0.717) is 11.3 Å². The van der Waals surface area contributed by atoms with Gasteiger partial charge in [0.05, 0.1) is 14.2 Å². The molecule has 0 aromatic heterocycles. The molecule has 0 unspecified atom stereocenters. The number of nitriles is 1. The van der Waals surface area contributed by atoms with Gasteiger partial charge in [-0.25, -0.2) is 0 Å². The molecule has 27 heavy (non-hydrogen) atoms. The van der Waals surface area contributed by atoms with Crippen LogP contribution in [0.5, 0.6) is 17.2 Å². The first-order valence-electron chi connectivity index (χ1n) is 8.26. The van der Waals surface area contributed by atoms with E-state index in [9.17, 15) is 15.2 Å². The van der Waals surface area contributed by atoms with Gasteiger partial charge in [-0.1, -0.05) is 17.7 Å². The van der Waals surface area contributed by atoms with Crippen molar-refractivity contribution in [3.05, 3.63) is 52.1 Å². The molecule has 2 aromatic carbocycles. The molecule has 2 aromatic rings. The van der Waals surface area contributed by atoms with Crippen LogP contribution in [0, 0.1) is 32.1 Å². The lowest BCUT2D eigenvalue weighted by molar-refractivity contribution is -0.112. The summed E-state index contributed by atoms with van der Waals surface area (Å²) in [6, 6.07) is 8.89. The van der Waals surface area contributed by atoms with Gasteiger partial charge in [0.15, 0.2) is 11.5 Å². The highest BCUT2D eigenvalue weighted by molar-refractivity contribution is 6.10. The molecule has 0 aliphatic rings. The van der Waals surface area contributed by atoms with Gasteiger partial charge >= 0.3 is 0 Å². The van der Waals surface area contributed by atoms with Crippen molar-refractivity contribution >= 4 is 17.7 Å². The van der Waals surface area contributed by atoms with Gasteiger partial charge in [0.25, 0.3) is 5.91 Å². The number of hydrogen-bond donors (Lipinski definition) is 2. The lowest BCUT2D eigenvalue weighted by Gasteiger charge is -2.13. The number of phenolic OH excluding ortho intramolecular Hbond substituents is 1. The van der Waals surface area contributed by atoms with Gasteiger partial charge in [0.1, 0.15) is 11.6 Å². The summed E-state index contributed by atoms with van der Waals surface area (Å²) in [6.07, 6.45) is 1.42. The fraction of sp³-hybridized carbons (Fsp3) is 0.238. The third kappa shape index (κ3) is 4.39. The number of benzene rings is 2. The first-order chi connectivity index (χ1) is 12.8. The Bertz CT molecular complexity index is 907. The predicted molar refractivity (Wildman–Crippen MR) is 104 cm³/mol. The monoisotopic (exact) mass is 366 g/mol. The highest BCUT2D eigenvalue weighted by atomic mass is 16.5. The van der Waals surface area contributed by atoms with E-state index in [4.69, 9.17) is 9.47 Å². The second kappa shape index (κ2) is 8.28. The third-order valence-corrected chi connectivity index (χ3v) is 4.09. The number of rotatable bonds is 5. The van der Waals surface area contributed by atoms with Crippen molar-refractivity contribution in [1.29, 1.82) is 5.26 Å². The van der Waals surface area contributed by atoms with Crippen molar-refractivity contribution in [3.63, 3.8) is 0 Å². The lowest BCUT2D eigenvalue weighted by Crippen LogP contribution is -2.15. The van der Waals surface area contributed by atoms with Crippen LogP contribution in [0.2, 0.25) is 0 Å². The quantitative estimate of drug-likeness (QED) is 0.619. The van der Waals surface area contributed by atoms with E-state index in [1.165, 1.54) is 32.4 Å². The minimum atomic E-state index is -0.515. The summed E-state index contributed by atoms with van der Waals surface area (Å²) in [7, 11) is 2.81. The molecule has 0 bridgehead atoms. The van der Waals surface area contributed by atoms with Crippen molar-refractivity contribution in [1.82, 2.24) is 0 Å². The molecule has 0 spiro atoms. The number of amides is 1. The Kier molecular flexibility index (Phi) is 6.09. The van der Waals surface area contributed by atoms with Gasteiger partial charge in [-0.3, -0.25) is 4.79 Å². The van der Waals surface area contributed by atoms with Crippen molar-refractivity contribution < 1.29 is 19.4 Å². The molecule has 6 heteroatoms. The van der Waals surface area contributed by atoms with Gasteiger partial charge in [-0.15, -0.1) is 0 Å². The fourth-order valence-corrected chi connectivity index (χ4v) is 2.87. The van der Waals surface area contributed by atoms with Crippen molar-refractivity contribution in [2.45, 2.75) is 20.8 Å². The highest BCUT2D eigenvalue weighted by Gasteiger charge is 2.15. The first-order valence-corrected chi connectivity index (χ1v) is 8.26. The first kappa shape index (κ1) is 19.9. The number of aromatic hydroxyl groups is 1. The van der Waals surface area contributed by atoms with Crippen LogP contribution in [0.15, 0.2) is 29.8 Å². The van der Waals surface area contributed by atoms with Gasteiger partial charge in [-0.05, 0) is 55.7 Å². The minimum Gasteiger partial charge on any atom is -0.502 e. The maximum absolute atomic E-state index is 12.6. The van der Waals surface area contributed by atoms with E-state index < -0.39 is 5.91 Å². The number of carbonyl (C=O) groups is 1. The van der Waals surface area contributed by atoms with Crippen LogP contribution >= 0.6 is 0 Å². The Morgan fingerprint density at radius 3 is 2.04 bits per heavy atom. The molecule has 6 nitrogen and oxygen atoms in total. The van der Waals surface area contributed by atoms with E-state index >= 15 is 0 Å². The molecule has 0 aliphatic heterocycles. The maximum Gasteiger partial charge on any atom is 0.266 e. The van der Waals surface area contributed by atoms with Gasteiger partial charge in [0.2, 0.25) is 5.75 Å². The van der Waals surface area contributed by atoms with Crippen LogP contribution in [0.3, 0.4) is 0 Å². The summed E-state index contributed by atoms with van der Waals surface area (Å²) in [5.74, 6) is -0.295.